The minimum atomic E-state index is 0.144. The molecule has 0 aliphatic carbocycles. The van der Waals surface area contributed by atoms with Gasteiger partial charge in [-0.15, -0.1) is 0 Å². The van der Waals surface area contributed by atoms with Crippen LogP contribution in [0, 0.1) is 0 Å². The molecule has 0 amide bonds. The Kier molecular flexibility index (Phi) is 6.16. The number of alkyl halides is 1. The molecule has 8 heavy (non-hydrogen) atoms. The zero-order valence-electron chi connectivity index (χ0n) is 4.03. The lowest BCUT2D eigenvalue weighted by Crippen LogP contribution is -1.85. The maximum atomic E-state index is 5.20. The third-order valence-electron chi connectivity index (χ3n) is 0.367. The van der Waals surface area contributed by atoms with Gasteiger partial charge in [0.05, 0.1) is 6.61 Å². The second kappa shape index (κ2) is 5.73. The van der Waals surface area contributed by atoms with E-state index in [0.717, 1.165) is 5.33 Å². The zero-order chi connectivity index (χ0) is 6.41. The molecule has 0 bridgehead atoms. The van der Waals surface area contributed by atoms with E-state index in [0.29, 0.717) is 6.61 Å². The SMILES string of the molecule is ClC(Cl)=COCCBr. The van der Waals surface area contributed by atoms with Gasteiger partial charge in [-0.1, -0.05) is 39.1 Å². The molecule has 4 heteroatoms. The molecule has 0 fully saturated rings. The molecule has 0 radical (unpaired) electrons. The van der Waals surface area contributed by atoms with Crippen LogP contribution < -0.4 is 0 Å². The van der Waals surface area contributed by atoms with Crippen molar-refractivity contribution in [3.05, 3.63) is 10.8 Å². The Morgan fingerprint density at radius 2 is 2.25 bits per heavy atom. The highest BCUT2D eigenvalue weighted by Gasteiger charge is 1.81. The Morgan fingerprint density at radius 3 is 2.62 bits per heavy atom. The molecule has 0 aromatic carbocycles. The van der Waals surface area contributed by atoms with Crippen LogP contribution in [0.25, 0.3) is 0 Å². The highest BCUT2D eigenvalue weighted by Crippen LogP contribution is 2.05. The molecule has 0 N–H and O–H groups in total. The molecule has 0 aliphatic heterocycles. The second-order valence-electron chi connectivity index (χ2n) is 0.967. The molecule has 0 atom stereocenters. The Labute approximate surface area is 66.7 Å². The van der Waals surface area contributed by atoms with E-state index in [9.17, 15) is 0 Å². The largest absolute Gasteiger partial charge is 0.498 e. The zero-order valence-corrected chi connectivity index (χ0v) is 7.13. The Morgan fingerprint density at radius 1 is 1.62 bits per heavy atom. The van der Waals surface area contributed by atoms with Crippen molar-refractivity contribution in [2.75, 3.05) is 11.9 Å². The second-order valence-corrected chi connectivity index (χ2v) is 2.77. The molecular formula is C4H5BrCl2O. The molecule has 0 spiro atoms. The van der Waals surface area contributed by atoms with Crippen LogP contribution in [0.4, 0.5) is 0 Å². The van der Waals surface area contributed by atoms with E-state index in [1.54, 1.807) is 0 Å². The van der Waals surface area contributed by atoms with Gasteiger partial charge in [-0.3, -0.25) is 0 Å². The lowest BCUT2D eigenvalue weighted by atomic mass is 10.9. The number of hydrogen-bond acceptors (Lipinski definition) is 1. The maximum absolute atomic E-state index is 5.20. The molecule has 0 rings (SSSR count). The van der Waals surface area contributed by atoms with Crippen molar-refractivity contribution in [2.24, 2.45) is 0 Å². The summed E-state index contributed by atoms with van der Waals surface area (Å²) in [4.78, 5) is 0. The lowest BCUT2D eigenvalue weighted by Gasteiger charge is -1.92. The summed E-state index contributed by atoms with van der Waals surface area (Å²) in [6.45, 7) is 0.586. The number of rotatable bonds is 3. The molecule has 0 heterocycles. The highest BCUT2D eigenvalue weighted by molar-refractivity contribution is 9.09. The molecule has 0 aliphatic rings. The minimum Gasteiger partial charge on any atom is -0.498 e. The summed E-state index contributed by atoms with van der Waals surface area (Å²) < 4.78 is 4.92. The monoisotopic (exact) mass is 218 g/mol. The number of ether oxygens (including phenoxy) is 1. The number of halogens is 3. The van der Waals surface area contributed by atoms with Gasteiger partial charge >= 0.3 is 0 Å². The summed E-state index contributed by atoms with van der Waals surface area (Å²) in [6, 6.07) is 0. The first kappa shape index (κ1) is 8.60. The third-order valence-corrected chi connectivity index (χ3v) is 0.869. The summed E-state index contributed by atoms with van der Waals surface area (Å²) in [6.07, 6.45) is 1.30. The fourth-order valence-corrected chi connectivity index (χ4v) is 0.479. The summed E-state index contributed by atoms with van der Waals surface area (Å²) in [7, 11) is 0. The van der Waals surface area contributed by atoms with Crippen molar-refractivity contribution in [3.63, 3.8) is 0 Å². The van der Waals surface area contributed by atoms with Crippen molar-refractivity contribution in [1.29, 1.82) is 0 Å². The summed E-state index contributed by atoms with van der Waals surface area (Å²) >= 11 is 13.6. The summed E-state index contributed by atoms with van der Waals surface area (Å²) in [5.41, 5.74) is 0. The quantitative estimate of drug-likeness (QED) is 0.403. The molecule has 0 aromatic heterocycles. The van der Waals surface area contributed by atoms with E-state index in [1.165, 1.54) is 6.26 Å². The molecule has 0 saturated carbocycles. The van der Waals surface area contributed by atoms with Gasteiger partial charge in [-0.05, 0) is 0 Å². The van der Waals surface area contributed by atoms with Gasteiger partial charge in [-0.25, -0.2) is 0 Å². The topological polar surface area (TPSA) is 9.23 Å². The molecular weight excluding hydrogens is 215 g/mol. The average Bonchev–Trinajstić information content (AvgIpc) is 1.66. The van der Waals surface area contributed by atoms with E-state index >= 15 is 0 Å². The average molecular weight is 220 g/mol. The van der Waals surface area contributed by atoms with Crippen LogP contribution in [0.2, 0.25) is 0 Å². The molecule has 0 unspecified atom stereocenters. The van der Waals surface area contributed by atoms with Crippen LogP contribution in [0.1, 0.15) is 0 Å². The normalized spacial score (nSPS) is 8.38. The minimum absolute atomic E-state index is 0.144. The van der Waals surface area contributed by atoms with Crippen LogP contribution >= 0.6 is 39.1 Å². The van der Waals surface area contributed by atoms with Crippen molar-refractivity contribution >= 4 is 39.1 Å². The van der Waals surface area contributed by atoms with Gasteiger partial charge in [0, 0.05) is 5.33 Å². The van der Waals surface area contributed by atoms with E-state index in [4.69, 9.17) is 27.9 Å². The Balaban J connectivity index is 3.03. The standard InChI is InChI=1S/C4H5BrCl2O/c5-1-2-8-3-4(6)7/h3H,1-2H2. The molecule has 48 valence electrons. The van der Waals surface area contributed by atoms with Gasteiger partial charge in [0.1, 0.15) is 10.8 Å². The van der Waals surface area contributed by atoms with Crippen LogP contribution in [0.15, 0.2) is 10.8 Å². The first-order valence-electron chi connectivity index (χ1n) is 1.96. The first-order valence-corrected chi connectivity index (χ1v) is 3.84. The number of hydrogen-bond donors (Lipinski definition) is 0. The smallest absolute Gasteiger partial charge is 0.141 e. The van der Waals surface area contributed by atoms with E-state index in [1.807, 2.05) is 0 Å². The summed E-state index contributed by atoms with van der Waals surface area (Å²) in [5, 5.41) is 0.782. The predicted octanol–water partition coefficient (Wildman–Crippen LogP) is 2.67. The molecule has 0 aromatic rings. The molecule has 0 saturated heterocycles. The van der Waals surface area contributed by atoms with Gasteiger partial charge in [-0.2, -0.15) is 0 Å². The summed E-state index contributed by atoms with van der Waals surface area (Å²) in [5.74, 6) is 0. The van der Waals surface area contributed by atoms with Crippen LogP contribution in [0.3, 0.4) is 0 Å². The van der Waals surface area contributed by atoms with Crippen molar-refractivity contribution in [1.82, 2.24) is 0 Å². The fourth-order valence-electron chi connectivity index (χ4n) is 0.166. The van der Waals surface area contributed by atoms with E-state index in [2.05, 4.69) is 15.9 Å². The predicted molar refractivity (Wildman–Crippen MR) is 39.5 cm³/mol. The van der Waals surface area contributed by atoms with Crippen LogP contribution in [-0.4, -0.2) is 11.9 Å². The third kappa shape index (κ3) is 6.60. The Hall–Kier alpha value is 0.600. The fraction of sp³-hybridized carbons (Fsp3) is 0.500. The van der Waals surface area contributed by atoms with Gasteiger partial charge in [0.15, 0.2) is 0 Å². The van der Waals surface area contributed by atoms with Gasteiger partial charge < -0.3 is 4.74 Å². The van der Waals surface area contributed by atoms with Crippen molar-refractivity contribution < 1.29 is 4.74 Å². The van der Waals surface area contributed by atoms with Gasteiger partial charge in [0.25, 0.3) is 0 Å². The van der Waals surface area contributed by atoms with E-state index < -0.39 is 0 Å². The Bertz CT molecular complexity index is 80.1. The molecule has 1 nitrogen and oxygen atoms in total. The van der Waals surface area contributed by atoms with Crippen LogP contribution in [-0.2, 0) is 4.74 Å². The van der Waals surface area contributed by atoms with Gasteiger partial charge in [0.2, 0.25) is 0 Å². The first-order chi connectivity index (χ1) is 3.77. The van der Waals surface area contributed by atoms with E-state index in [-0.39, 0.29) is 4.49 Å². The lowest BCUT2D eigenvalue weighted by molar-refractivity contribution is 0.273. The van der Waals surface area contributed by atoms with Crippen molar-refractivity contribution in [3.8, 4) is 0 Å². The van der Waals surface area contributed by atoms with Crippen molar-refractivity contribution in [2.45, 2.75) is 0 Å². The maximum Gasteiger partial charge on any atom is 0.141 e. The van der Waals surface area contributed by atoms with Crippen LogP contribution in [0.5, 0.6) is 0 Å². The highest BCUT2D eigenvalue weighted by atomic mass is 79.9.